The maximum Gasteiger partial charge on any atom is 0.150 e. The van der Waals surface area contributed by atoms with Gasteiger partial charge in [-0.3, -0.25) is 4.68 Å². The van der Waals surface area contributed by atoms with Crippen molar-refractivity contribution in [1.82, 2.24) is 9.78 Å². The van der Waals surface area contributed by atoms with Gasteiger partial charge in [-0.15, -0.1) is 0 Å². The molecule has 1 heterocycles. The molecule has 0 amide bonds. The number of aromatic nitrogens is 2. The third kappa shape index (κ3) is 1.29. The second-order valence-electron chi connectivity index (χ2n) is 3.18. The lowest BCUT2D eigenvalue weighted by atomic mass is 10.1. The number of nitrogens with zero attached hydrogens (tertiary/aromatic N) is 3. The highest BCUT2D eigenvalue weighted by molar-refractivity contribution is 5.88. The van der Waals surface area contributed by atoms with Gasteiger partial charge in [0.2, 0.25) is 0 Å². The molecule has 0 aliphatic carbocycles. The number of hydrogen-bond acceptors (Lipinski definition) is 2. The van der Waals surface area contributed by atoms with Crippen molar-refractivity contribution in [2.24, 2.45) is 7.05 Å². The highest BCUT2D eigenvalue weighted by Crippen LogP contribution is 2.23. The van der Waals surface area contributed by atoms with Gasteiger partial charge in [-0.05, 0) is 18.2 Å². The summed E-state index contributed by atoms with van der Waals surface area (Å²) in [5, 5.41) is 13.4. The average Bonchev–Trinajstić information content (AvgIpc) is 2.55. The highest BCUT2D eigenvalue weighted by atomic mass is 19.1. The predicted molar refractivity (Wildman–Crippen MR) is 55.5 cm³/mol. The first kappa shape index (κ1) is 9.41. The summed E-state index contributed by atoms with van der Waals surface area (Å²) in [6.07, 6.45) is 1.54. The number of halogens is 1. The zero-order valence-corrected chi connectivity index (χ0v) is 8.16. The molecule has 3 nitrogen and oxygen atoms in total. The monoisotopic (exact) mass is 201 g/mol. The number of benzene rings is 1. The summed E-state index contributed by atoms with van der Waals surface area (Å²) >= 11 is 0. The number of aryl methyl sites for hydroxylation is 1. The number of fused-ring (bicyclic) bond motifs is 1. The normalized spacial score (nSPS) is 10.2. The Morgan fingerprint density at radius 1 is 1.60 bits per heavy atom. The van der Waals surface area contributed by atoms with Gasteiger partial charge in [-0.1, -0.05) is 6.58 Å². The number of rotatable bonds is 1. The van der Waals surface area contributed by atoms with Crippen LogP contribution in [-0.2, 0) is 7.05 Å². The highest BCUT2D eigenvalue weighted by Gasteiger charge is 2.11. The fourth-order valence-corrected chi connectivity index (χ4v) is 1.60. The maximum absolute atomic E-state index is 13.6. The SMILES string of the molecule is C=Cc1nn(C)c2c(F)cc(C#N)cc12. The van der Waals surface area contributed by atoms with Gasteiger partial charge in [0.25, 0.3) is 0 Å². The third-order valence-corrected chi connectivity index (χ3v) is 2.24. The van der Waals surface area contributed by atoms with Crippen molar-refractivity contribution in [2.75, 3.05) is 0 Å². The molecular formula is C11H8FN3. The molecule has 4 heteroatoms. The Balaban J connectivity index is 2.95. The maximum atomic E-state index is 13.6. The molecule has 1 aromatic carbocycles. The van der Waals surface area contributed by atoms with Crippen LogP contribution >= 0.6 is 0 Å². The minimum atomic E-state index is -0.438. The van der Waals surface area contributed by atoms with Gasteiger partial charge in [0, 0.05) is 12.4 Å². The molecule has 0 bridgehead atoms. The Bertz CT molecular complexity index is 590. The van der Waals surface area contributed by atoms with Gasteiger partial charge in [-0.25, -0.2) is 4.39 Å². The Labute approximate surface area is 86.0 Å². The summed E-state index contributed by atoms with van der Waals surface area (Å²) in [4.78, 5) is 0. The molecule has 0 aliphatic rings. The molecule has 1 aromatic heterocycles. The molecule has 0 spiro atoms. The lowest BCUT2D eigenvalue weighted by molar-refractivity contribution is 0.625. The smallest absolute Gasteiger partial charge is 0.150 e. The van der Waals surface area contributed by atoms with Gasteiger partial charge in [0.15, 0.2) is 0 Å². The second kappa shape index (κ2) is 3.21. The van der Waals surface area contributed by atoms with Crippen molar-refractivity contribution < 1.29 is 4.39 Å². The topological polar surface area (TPSA) is 41.6 Å². The lowest BCUT2D eigenvalue weighted by Crippen LogP contribution is -1.92. The molecule has 0 aliphatic heterocycles. The summed E-state index contributed by atoms with van der Waals surface area (Å²) < 4.78 is 15.0. The molecular weight excluding hydrogens is 193 g/mol. The van der Waals surface area contributed by atoms with Crippen LogP contribution in [0, 0.1) is 17.1 Å². The van der Waals surface area contributed by atoms with Crippen LogP contribution in [0.15, 0.2) is 18.7 Å². The minimum Gasteiger partial charge on any atom is -0.264 e. The van der Waals surface area contributed by atoms with Crippen molar-refractivity contribution in [1.29, 1.82) is 5.26 Å². The van der Waals surface area contributed by atoms with E-state index in [1.807, 2.05) is 6.07 Å². The average molecular weight is 201 g/mol. The fraction of sp³-hybridized carbons (Fsp3) is 0.0909. The van der Waals surface area contributed by atoms with Crippen molar-refractivity contribution in [3.8, 4) is 6.07 Å². The van der Waals surface area contributed by atoms with Crippen molar-refractivity contribution in [3.63, 3.8) is 0 Å². The fourth-order valence-electron chi connectivity index (χ4n) is 1.60. The van der Waals surface area contributed by atoms with E-state index in [0.29, 0.717) is 16.6 Å². The molecule has 0 fully saturated rings. The molecule has 15 heavy (non-hydrogen) atoms. The van der Waals surface area contributed by atoms with E-state index in [1.54, 1.807) is 19.2 Å². The molecule has 0 atom stereocenters. The van der Waals surface area contributed by atoms with Gasteiger partial charge in [-0.2, -0.15) is 10.4 Å². The van der Waals surface area contributed by atoms with Crippen LogP contribution < -0.4 is 0 Å². The van der Waals surface area contributed by atoms with Gasteiger partial charge in [0.05, 0.1) is 17.3 Å². The largest absolute Gasteiger partial charge is 0.264 e. The van der Waals surface area contributed by atoms with Gasteiger partial charge >= 0.3 is 0 Å². The Kier molecular flexibility index (Phi) is 2.01. The Morgan fingerprint density at radius 3 is 2.93 bits per heavy atom. The Hall–Kier alpha value is -2.15. The Morgan fingerprint density at radius 2 is 2.33 bits per heavy atom. The summed E-state index contributed by atoms with van der Waals surface area (Å²) in [6, 6.07) is 4.73. The first-order valence-corrected chi connectivity index (χ1v) is 4.36. The summed E-state index contributed by atoms with van der Waals surface area (Å²) in [5.41, 5.74) is 1.27. The van der Waals surface area contributed by atoms with Crippen molar-refractivity contribution >= 4 is 17.0 Å². The second-order valence-corrected chi connectivity index (χ2v) is 3.18. The molecule has 74 valence electrons. The third-order valence-electron chi connectivity index (χ3n) is 2.24. The van der Waals surface area contributed by atoms with Gasteiger partial charge in [0.1, 0.15) is 11.3 Å². The lowest BCUT2D eigenvalue weighted by Gasteiger charge is -1.96. The summed E-state index contributed by atoms with van der Waals surface area (Å²) in [5.74, 6) is -0.438. The number of hydrogen-bond donors (Lipinski definition) is 0. The van der Waals surface area contributed by atoms with E-state index in [2.05, 4.69) is 11.7 Å². The molecule has 0 saturated carbocycles. The van der Waals surface area contributed by atoms with Crippen LogP contribution in [0.5, 0.6) is 0 Å². The van der Waals surface area contributed by atoms with Crippen LogP contribution in [0.3, 0.4) is 0 Å². The zero-order chi connectivity index (χ0) is 11.0. The van der Waals surface area contributed by atoms with Crippen LogP contribution in [0.25, 0.3) is 17.0 Å². The summed E-state index contributed by atoms with van der Waals surface area (Å²) in [7, 11) is 1.66. The van der Waals surface area contributed by atoms with E-state index < -0.39 is 5.82 Å². The number of nitriles is 1. The molecule has 0 saturated heterocycles. The minimum absolute atomic E-state index is 0.288. The van der Waals surface area contributed by atoms with Crippen molar-refractivity contribution in [2.45, 2.75) is 0 Å². The molecule has 0 radical (unpaired) electrons. The van der Waals surface area contributed by atoms with E-state index in [9.17, 15) is 4.39 Å². The van der Waals surface area contributed by atoms with E-state index >= 15 is 0 Å². The van der Waals surface area contributed by atoms with Crippen LogP contribution in [0.4, 0.5) is 4.39 Å². The standard InChI is InChI=1S/C11H8FN3/c1-3-10-8-4-7(6-13)5-9(12)11(8)15(2)14-10/h3-5H,1H2,2H3. The molecule has 0 N–H and O–H groups in total. The quantitative estimate of drug-likeness (QED) is 0.709. The van der Waals surface area contributed by atoms with Gasteiger partial charge < -0.3 is 0 Å². The van der Waals surface area contributed by atoms with Crippen molar-refractivity contribution in [3.05, 3.63) is 35.8 Å². The first-order chi connectivity index (χ1) is 7.17. The van der Waals surface area contributed by atoms with E-state index in [4.69, 9.17) is 5.26 Å². The zero-order valence-electron chi connectivity index (χ0n) is 8.16. The first-order valence-electron chi connectivity index (χ1n) is 4.36. The molecule has 0 unspecified atom stereocenters. The molecule has 2 rings (SSSR count). The van der Waals surface area contributed by atoms with Crippen LogP contribution in [0.1, 0.15) is 11.3 Å². The van der Waals surface area contributed by atoms with E-state index in [-0.39, 0.29) is 5.56 Å². The van der Waals surface area contributed by atoms with Crippen LogP contribution in [-0.4, -0.2) is 9.78 Å². The predicted octanol–water partition coefficient (Wildman–Crippen LogP) is 2.23. The van der Waals surface area contributed by atoms with E-state index in [0.717, 1.165) is 0 Å². The molecule has 2 aromatic rings. The van der Waals surface area contributed by atoms with Crippen LogP contribution in [0.2, 0.25) is 0 Å². The van der Waals surface area contributed by atoms with E-state index in [1.165, 1.54) is 10.7 Å². The summed E-state index contributed by atoms with van der Waals surface area (Å²) in [6.45, 7) is 3.60.